The lowest BCUT2D eigenvalue weighted by atomic mass is 10.2. The van der Waals surface area contributed by atoms with E-state index in [-0.39, 0.29) is 11.7 Å². The fourth-order valence-corrected chi connectivity index (χ4v) is 4.04. The average molecular weight is 431 g/mol. The van der Waals surface area contributed by atoms with E-state index in [4.69, 9.17) is 0 Å². The number of amides is 1. The van der Waals surface area contributed by atoms with Crippen molar-refractivity contribution in [3.63, 3.8) is 0 Å². The standard InChI is InChI=1S/C20H22N4O3S2/c1-24-18(16-6-4-3-5-7-16)13-22-20(24)28-14-19(25)21-12-15-8-10-17(11-9-15)23-29(2,26)27/h3-11,13,23H,12,14H2,1-2H3,(H,21,25). The number of nitrogens with one attached hydrogen (secondary N) is 2. The molecule has 0 aliphatic rings. The van der Waals surface area contributed by atoms with Crippen LogP contribution < -0.4 is 10.0 Å². The Balaban J connectivity index is 1.50. The summed E-state index contributed by atoms with van der Waals surface area (Å²) in [5.74, 6) is 0.157. The van der Waals surface area contributed by atoms with Gasteiger partial charge in [-0.1, -0.05) is 54.2 Å². The topological polar surface area (TPSA) is 93.1 Å². The van der Waals surface area contributed by atoms with Gasteiger partial charge in [0, 0.05) is 19.3 Å². The van der Waals surface area contributed by atoms with Gasteiger partial charge in [0.2, 0.25) is 15.9 Å². The molecule has 9 heteroatoms. The highest BCUT2D eigenvalue weighted by Crippen LogP contribution is 2.24. The second-order valence-corrected chi connectivity index (χ2v) is 9.18. The van der Waals surface area contributed by atoms with Crippen LogP contribution in [0.25, 0.3) is 11.3 Å². The highest BCUT2D eigenvalue weighted by atomic mass is 32.2. The first-order valence-corrected chi connectivity index (χ1v) is 11.7. The molecule has 0 aliphatic heterocycles. The minimum Gasteiger partial charge on any atom is -0.351 e. The summed E-state index contributed by atoms with van der Waals surface area (Å²) in [6, 6.07) is 16.8. The lowest BCUT2D eigenvalue weighted by Crippen LogP contribution is -2.24. The van der Waals surface area contributed by atoms with Crippen molar-refractivity contribution in [1.82, 2.24) is 14.9 Å². The number of hydrogen-bond donors (Lipinski definition) is 2. The molecule has 0 atom stereocenters. The number of rotatable bonds is 8. The molecule has 0 spiro atoms. The average Bonchev–Trinajstić information content (AvgIpc) is 3.06. The Morgan fingerprint density at radius 2 is 1.79 bits per heavy atom. The van der Waals surface area contributed by atoms with Gasteiger partial charge in [-0.25, -0.2) is 13.4 Å². The summed E-state index contributed by atoms with van der Waals surface area (Å²) in [7, 11) is -1.37. The van der Waals surface area contributed by atoms with Crippen molar-refractivity contribution in [2.45, 2.75) is 11.7 Å². The number of carbonyl (C=O) groups is 1. The first-order valence-electron chi connectivity index (χ1n) is 8.85. The smallest absolute Gasteiger partial charge is 0.230 e. The zero-order valence-electron chi connectivity index (χ0n) is 16.1. The third kappa shape index (κ3) is 6.10. The van der Waals surface area contributed by atoms with E-state index in [9.17, 15) is 13.2 Å². The molecule has 0 aliphatic carbocycles. The lowest BCUT2D eigenvalue weighted by molar-refractivity contribution is -0.118. The Hall–Kier alpha value is -2.78. The third-order valence-electron chi connectivity index (χ3n) is 4.09. The van der Waals surface area contributed by atoms with Gasteiger partial charge in [0.05, 0.1) is 23.9 Å². The highest BCUT2D eigenvalue weighted by Gasteiger charge is 2.11. The largest absolute Gasteiger partial charge is 0.351 e. The summed E-state index contributed by atoms with van der Waals surface area (Å²) in [5.41, 5.74) is 3.44. The summed E-state index contributed by atoms with van der Waals surface area (Å²) in [6.07, 6.45) is 2.91. The quantitative estimate of drug-likeness (QED) is 0.536. The fraction of sp³-hybridized carbons (Fsp3) is 0.200. The van der Waals surface area contributed by atoms with Gasteiger partial charge in [-0.3, -0.25) is 9.52 Å². The van der Waals surface area contributed by atoms with Crippen molar-refractivity contribution in [2.75, 3.05) is 16.7 Å². The second-order valence-electron chi connectivity index (χ2n) is 6.49. The number of benzene rings is 2. The van der Waals surface area contributed by atoms with Crippen molar-refractivity contribution in [3.8, 4) is 11.3 Å². The van der Waals surface area contributed by atoms with Gasteiger partial charge in [-0.2, -0.15) is 0 Å². The molecular formula is C20H22N4O3S2. The molecule has 2 N–H and O–H groups in total. The molecule has 0 radical (unpaired) electrons. The van der Waals surface area contributed by atoms with Crippen molar-refractivity contribution >= 4 is 33.4 Å². The normalized spacial score (nSPS) is 11.2. The molecule has 7 nitrogen and oxygen atoms in total. The minimum atomic E-state index is -3.30. The van der Waals surface area contributed by atoms with E-state index < -0.39 is 10.0 Å². The molecule has 0 saturated heterocycles. The summed E-state index contributed by atoms with van der Waals surface area (Å²) in [4.78, 5) is 16.6. The van der Waals surface area contributed by atoms with Gasteiger partial charge in [-0.05, 0) is 23.3 Å². The SMILES string of the molecule is Cn1c(-c2ccccc2)cnc1SCC(=O)NCc1ccc(NS(C)(=O)=O)cc1. The molecule has 3 aromatic rings. The van der Waals surface area contributed by atoms with Gasteiger partial charge in [0.1, 0.15) is 0 Å². The van der Waals surface area contributed by atoms with Crippen molar-refractivity contribution < 1.29 is 13.2 Å². The molecule has 0 unspecified atom stereocenters. The van der Waals surface area contributed by atoms with Gasteiger partial charge >= 0.3 is 0 Å². The maximum absolute atomic E-state index is 12.2. The molecule has 152 valence electrons. The van der Waals surface area contributed by atoms with Crippen molar-refractivity contribution in [3.05, 3.63) is 66.4 Å². The van der Waals surface area contributed by atoms with Crippen LogP contribution in [0.15, 0.2) is 66.0 Å². The zero-order chi connectivity index (χ0) is 20.9. The Bertz CT molecular complexity index is 1080. The van der Waals surface area contributed by atoms with E-state index in [1.165, 1.54) is 11.8 Å². The summed E-state index contributed by atoms with van der Waals surface area (Å²) >= 11 is 1.38. The Labute approximate surface area is 174 Å². The second kappa shape index (κ2) is 9.15. The fourth-order valence-electron chi connectivity index (χ4n) is 2.69. The third-order valence-corrected chi connectivity index (χ3v) is 5.74. The van der Waals surface area contributed by atoms with Gasteiger partial charge in [0.15, 0.2) is 5.16 Å². The monoisotopic (exact) mass is 430 g/mol. The first-order chi connectivity index (χ1) is 13.8. The molecular weight excluding hydrogens is 408 g/mol. The van der Waals surface area contributed by atoms with Crippen LogP contribution in [0.5, 0.6) is 0 Å². The number of nitrogens with zero attached hydrogens (tertiary/aromatic N) is 2. The summed E-state index contributed by atoms with van der Waals surface area (Å²) in [5, 5.41) is 3.63. The number of aromatic nitrogens is 2. The Morgan fingerprint density at radius 3 is 2.45 bits per heavy atom. The summed E-state index contributed by atoms with van der Waals surface area (Å²) < 4.78 is 26.8. The van der Waals surface area contributed by atoms with Crippen molar-refractivity contribution in [2.24, 2.45) is 7.05 Å². The molecule has 0 saturated carbocycles. The van der Waals surface area contributed by atoms with Gasteiger partial charge in [-0.15, -0.1) is 0 Å². The van der Waals surface area contributed by atoms with Crippen LogP contribution in [0.1, 0.15) is 5.56 Å². The number of thioether (sulfide) groups is 1. The van der Waals surface area contributed by atoms with Crippen LogP contribution in [0, 0.1) is 0 Å². The number of anilines is 1. The maximum Gasteiger partial charge on any atom is 0.230 e. The summed E-state index contributed by atoms with van der Waals surface area (Å²) in [6.45, 7) is 0.369. The predicted molar refractivity (Wildman–Crippen MR) is 116 cm³/mol. The van der Waals surface area contributed by atoms with Crippen LogP contribution >= 0.6 is 11.8 Å². The van der Waals surface area contributed by atoms with Gasteiger partial charge in [0.25, 0.3) is 0 Å². The molecule has 0 fully saturated rings. The molecule has 2 aromatic carbocycles. The molecule has 29 heavy (non-hydrogen) atoms. The predicted octanol–water partition coefficient (Wildman–Crippen LogP) is 2.87. The van der Waals surface area contributed by atoms with Crippen LogP contribution in [0.3, 0.4) is 0 Å². The van der Waals surface area contributed by atoms with E-state index in [1.807, 2.05) is 48.1 Å². The van der Waals surface area contributed by atoms with Crippen LogP contribution in [-0.4, -0.2) is 35.9 Å². The molecule has 1 aromatic heterocycles. The number of sulfonamides is 1. The highest BCUT2D eigenvalue weighted by molar-refractivity contribution is 7.99. The van der Waals surface area contributed by atoms with Gasteiger partial charge < -0.3 is 9.88 Å². The van der Waals surface area contributed by atoms with E-state index in [1.54, 1.807) is 24.3 Å². The molecule has 1 amide bonds. The molecule has 3 rings (SSSR count). The van der Waals surface area contributed by atoms with Crippen LogP contribution in [-0.2, 0) is 28.4 Å². The van der Waals surface area contributed by atoms with Crippen LogP contribution in [0.2, 0.25) is 0 Å². The van der Waals surface area contributed by atoms with E-state index in [0.717, 1.165) is 28.2 Å². The van der Waals surface area contributed by atoms with Crippen molar-refractivity contribution in [1.29, 1.82) is 0 Å². The van der Waals surface area contributed by atoms with E-state index in [2.05, 4.69) is 15.0 Å². The van der Waals surface area contributed by atoms with Crippen LogP contribution in [0.4, 0.5) is 5.69 Å². The maximum atomic E-state index is 12.2. The minimum absolute atomic E-state index is 0.0994. The lowest BCUT2D eigenvalue weighted by Gasteiger charge is -2.08. The number of carbonyl (C=O) groups excluding carboxylic acids is 1. The molecule has 0 bridgehead atoms. The first kappa shape index (κ1) is 20.9. The van der Waals surface area contributed by atoms with E-state index >= 15 is 0 Å². The zero-order valence-corrected chi connectivity index (χ0v) is 17.8. The number of hydrogen-bond acceptors (Lipinski definition) is 5. The van der Waals surface area contributed by atoms with E-state index in [0.29, 0.717) is 12.2 Å². The Kier molecular flexibility index (Phi) is 6.60. The molecule has 1 heterocycles. The number of imidazole rings is 1. The Morgan fingerprint density at radius 1 is 1.10 bits per heavy atom.